The molecule has 2 heterocycles. The first-order valence-electron chi connectivity index (χ1n) is 9.10. The molecule has 1 aromatic heterocycles. The number of nitrogens with one attached hydrogen (secondary N) is 1. The molecule has 1 aromatic carbocycles. The highest BCUT2D eigenvalue weighted by Crippen LogP contribution is 2.21. The molecule has 1 N–H and O–H groups in total. The van der Waals surface area contributed by atoms with E-state index in [0.717, 1.165) is 11.1 Å². The van der Waals surface area contributed by atoms with E-state index in [-0.39, 0.29) is 17.7 Å². The molecule has 7 heteroatoms. The fourth-order valence-electron chi connectivity index (χ4n) is 3.20. The first-order chi connectivity index (χ1) is 13.2. The molecule has 0 saturated carbocycles. The molecular formula is C20H24N4O3. The zero-order valence-electron chi connectivity index (χ0n) is 15.4. The van der Waals surface area contributed by atoms with Crippen molar-refractivity contribution >= 4 is 11.8 Å². The molecule has 1 fully saturated rings. The van der Waals surface area contributed by atoms with Crippen LogP contribution in [0.2, 0.25) is 0 Å². The summed E-state index contributed by atoms with van der Waals surface area (Å²) < 4.78 is 4.94. The van der Waals surface area contributed by atoms with Crippen LogP contribution in [0.1, 0.15) is 23.2 Å². The average Bonchev–Trinajstić information content (AvgIpc) is 2.74. The van der Waals surface area contributed by atoms with Gasteiger partial charge in [0, 0.05) is 56.2 Å². The largest absolute Gasteiger partial charge is 0.383 e. The van der Waals surface area contributed by atoms with Gasteiger partial charge in [-0.05, 0) is 30.5 Å². The Balaban J connectivity index is 1.54. The molecular weight excluding hydrogens is 344 g/mol. The van der Waals surface area contributed by atoms with Crippen molar-refractivity contribution in [3.8, 4) is 11.1 Å². The maximum Gasteiger partial charge on any atom is 0.253 e. The van der Waals surface area contributed by atoms with Gasteiger partial charge in [-0.2, -0.15) is 0 Å². The summed E-state index contributed by atoms with van der Waals surface area (Å²) >= 11 is 0. The molecule has 0 atom stereocenters. The zero-order chi connectivity index (χ0) is 19.1. The normalized spacial score (nSPS) is 14.8. The van der Waals surface area contributed by atoms with Crippen LogP contribution in [-0.2, 0) is 9.53 Å². The van der Waals surface area contributed by atoms with Crippen LogP contribution in [0.3, 0.4) is 0 Å². The lowest BCUT2D eigenvalue weighted by molar-refractivity contribution is -0.126. The van der Waals surface area contributed by atoms with E-state index in [4.69, 9.17) is 4.74 Å². The lowest BCUT2D eigenvalue weighted by Crippen LogP contribution is -2.43. The summed E-state index contributed by atoms with van der Waals surface area (Å²) in [6.07, 6.45) is 6.34. The summed E-state index contributed by atoms with van der Waals surface area (Å²) in [4.78, 5) is 34.7. The summed E-state index contributed by atoms with van der Waals surface area (Å²) in [6.45, 7) is 2.21. The van der Waals surface area contributed by atoms with E-state index < -0.39 is 0 Å². The van der Waals surface area contributed by atoms with Crippen molar-refractivity contribution in [3.05, 3.63) is 48.5 Å². The number of hydrogen-bond acceptors (Lipinski definition) is 5. The van der Waals surface area contributed by atoms with Crippen LogP contribution in [-0.4, -0.2) is 60.0 Å². The van der Waals surface area contributed by atoms with Crippen molar-refractivity contribution in [3.63, 3.8) is 0 Å². The topological polar surface area (TPSA) is 84.4 Å². The molecule has 142 valence electrons. The van der Waals surface area contributed by atoms with Gasteiger partial charge in [0.2, 0.25) is 5.91 Å². The summed E-state index contributed by atoms with van der Waals surface area (Å²) in [6, 6.07) is 7.46. The highest BCUT2D eigenvalue weighted by molar-refractivity contribution is 5.95. The van der Waals surface area contributed by atoms with Crippen molar-refractivity contribution in [1.82, 2.24) is 20.2 Å². The van der Waals surface area contributed by atoms with E-state index in [1.54, 1.807) is 19.5 Å². The molecule has 0 spiro atoms. The minimum absolute atomic E-state index is 0.00380. The molecule has 2 aromatic rings. The molecule has 1 aliphatic rings. The van der Waals surface area contributed by atoms with Crippen LogP contribution in [0.4, 0.5) is 0 Å². The first kappa shape index (κ1) is 19.0. The van der Waals surface area contributed by atoms with Gasteiger partial charge in [0.1, 0.15) is 6.33 Å². The lowest BCUT2D eigenvalue weighted by atomic mass is 9.95. The van der Waals surface area contributed by atoms with E-state index in [1.807, 2.05) is 29.2 Å². The quantitative estimate of drug-likeness (QED) is 0.786. The molecule has 0 unspecified atom stereocenters. The van der Waals surface area contributed by atoms with Gasteiger partial charge in [0.15, 0.2) is 0 Å². The second-order valence-corrected chi connectivity index (χ2v) is 6.55. The van der Waals surface area contributed by atoms with Crippen LogP contribution in [0.15, 0.2) is 43.0 Å². The molecule has 1 aliphatic heterocycles. The summed E-state index contributed by atoms with van der Waals surface area (Å²) in [5.41, 5.74) is 2.54. The number of piperidine rings is 1. The number of ether oxygens (including phenoxy) is 1. The maximum absolute atomic E-state index is 12.7. The fourth-order valence-corrected chi connectivity index (χ4v) is 3.20. The monoisotopic (exact) mass is 368 g/mol. The van der Waals surface area contributed by atoms with Crippen molar-refractivity contribution in [2.24, 2.45) is 5.92 Å². The number of methoxy groups -OCH3 is 1. The van der Waals surface area contributed by atoms with Gasteiger partial charge in [-0.1, -0.05) is 12.1 Å². The molecule has 1 saturated heterocycles. The second-order valence-electron chi connectivity index (χ2n) is 6.55. The molecule has 27 heavy (non-hydrogen) atoms. The van der Waals surface area contributed by atoms with Crippen molar-refractivity contribution in [1.29, 1.82) is 0 Å². The average molecular weight is 368 g/mol. The Hall–Kier alpha value is -2.80. The Kier molecular flexibility index (Phi) is 6.49. The molecule has 0 bridgehead atoms. The van der Waals surface area contributed by atoms with Crippen LogP contribution in [0.5, 0.6) is 0 Å². The third-order valence-electron chi connectivity index (χ3n) is 4.78. The van der Waals surface area contributed by atoms with Gasteiger partial charge in [-0.3, -0.25) is 9.59 Å². The minimum atomic E-state index is -0.0358. The number of rotatable bonds is 6. The number of carbonyl (C=O) groups is 2. The number of aromatic nitrogens is 2. The second kappa shape index (κ2) is 9.23. The Bertz CT molecular complexity index is 757. The van der Waals surface area contributed by atoms with E-state index >= 15 is 0 Å². The van der Waals surface area contributed by atoms with Gasteiger partial charge < -0.3 is 15.0 Å². The van der Waals surface area contributed by atoms with Gasteiger partial charge in [-0.25, -0.2) is 9.97 Å². The first-order valence-corrected chi connectivity index (χ1v) is 9.10. The third kappa shape index (κ3) is 4.89. The number of carbonyl (C=O) groups excluding carboxylic acids is 2. The van der Waals surface area contributed by atoms with Crippen molar-refractivity contribution in [2.45, 2.75) is 12.8 Å². The lowest BCUT2D eigenvalue weighted by Gasteiger charge is -2.31. The van der Waals surface area contributed by atoms with E-state index in [2.05, 4.69) is 15.3 Å². The Morgan fingerprint density at radius 2 is 1.78 bits per heavy atom. The Labute approximate surface area is 158 Å². The Morgan fingerprint density at radius 1 is 1.11 bits per heavy atom. The Morgan fingerprint density at radius 3 is 2.41 bits per heavy atom. The van der Waals surface area contributed by atoms with E-state index in [1.165, 1.54) is 6.33 Å². The smallest absolute Gasteiger partial charge is 0.253 e. The highest BCUT2D eigenvalue weighted by atomic mass is 16.5. The fraction of sp³-hybridized carbons (Fsp3) is 0.400. The zero-order valence-corrected chi connectivity index (χ0v) is 15.4. The third-order valence-corrected chi connectivity index (χ3v) is 4.78. The van der Waals surface area contributed by atoms with Crippen LogP contribution < -0.4 is 5.32 Å². The summed E-state index contributed by atoms with van der Waals surface area (Å²) in [7, 11) is 1.61. The summed E-state index contributed by atoms with van der Waals surface area (Å²) in [5.74, 6) is 0.0176. The van der Waals surface area contributed by atoms with E-state index in [0.29, 0.717) is 44.6 Å². The van der Waals surface area contributed by atoms with Gasteiger partial charge >= 0.3 is 0 Å². The number of benzene rings is 1. The number of likely N-dealkylation sites (tertiary alicyclic amines) is 1. The van der Waals surface area contributed by atoms with E-state index in [9.17, 15) is 9.59 Å². The number of amides is 2. The highest BCUT2D eigenvalue weighted by Gasteiger charge is 2.27. The maximum atomic E-state index is 12.7. The molecule has 7 nitrogen and oxygen atoms in total. The van der Waals surface area contributed by atoms with Crippen molar-refractivity contribution < 1.29 is 14.3 Å². The molecule has 2 amide bonds. The minimum Gasteiger partial charge on any atom is -0.383 e. The molecule has 3 rings (SSSR count). The van der Waals surface area contributed by atoms with Gasteiger partial charge in [0.05, 0.1) is 6.61 Å². The van der Waals surface area contributed by atoms with Crippen LogP contribution in [0, 0.1) is 5.92 Å². The van der Waals surface area contributed by atoms with Gasteiger partial charge in [0.25, 0.3) is 5.91 Å². The predicted molar refractivity (Wildman–Crippen MR) is 101 cm³/mol. The number of hydrogen-bond donors (Lipinski definition) is 1. The molecule has 0 radical (unpaired) electrons. The molecule has 0 aliphatic carbocycles. The van der Waals surface area contributed by atoms with Gasteiger partial charge in [-0.15, -0.1) is 0 Å². The standard InChI is InChI=1S/C20H24N4O3/c1-27-11-8-23-19(25)16-6-9-24(10-7-16)20(26)17-4-2-15(3-5-17)18-12-21-14-22-13-18/h2-5,12-14,16H,6-11H2,1H3,(H,23,25). The SMILES string of the molecule is COCCNC(=O)C1CCN(C(=O)c2ccc(-c3cncnc3)cc2)CC1. The number of nitrogens with zero attached hydrogens (tertiary/aromatic N) is 3. The van der Waals surface area contributed by atoms with Crippen molar-refractivity contribution in [2.75, 3.05) is 33.4 Å². The summed E-state index contributed by atoms with van der Waals surface area (Å²) in [5, 5.41) is 2.87. The van der Waals surface area contributed by atoms with Crippen LogP contribution >= 0.6 is 0 Å². The van der Waals surface area contributed by atoms with Crippen LogP contribution in [0.25, 0.3) is 11.1 Å². The predicted octanol–water partition coefficient (Wildman–Crippen LogP) is 1.76.